The summed E-state index contributed by atoms with van der Waals surface area (Å²) in [5.41, 5.74) is -1.29. The lowest BCUT2D eigenvalue weighted by atomic mass is 9.87. The SMILES string of the molecule is OCC(O)C(O)(CC(Br)CBr)CC(Br)CBr. The summed E-state index contributed by atoms with van der Waals surface area (Å²) in [5.74, 6) is 0. The summed E-state index contributed by atoms with van der Waals surface area (Å²) >= 11 is 13.4. The summed E-state index contributed by atoms with van der Waals surface area (Å²) in [6.07, 6.45) is -0.393. The molecule has 0 heterocycles. The maximum Gasteiger partial charge on any atom is 0.106 e. The first kappa shape index (κ1) is 17.8. The van der Waals surface area contributed by atoms with Crippen molar-refractivity contribution in [2.75, 3.05) is 17.3 Å². The van der Waals surface area contributed by atoms with E-state index in [1.165, 1.54) is 0 Å². The summed E-state index contributed by atoms with van der Waals surface area (Å²) in [7, 11) is 0. The second kappa shape index (κ2) is 8.82. The molecule has 98 valence electrons. The topological polar surface area (TPSA) is 60.7 Å². The first-order chi connectivity index (χ1) is 7.39. The van der Waals surface area contributed by atoms with Crippen molar-refractivity contribution in [3.05, 3.63) is 0 Å². The van der Waals surface area contributed by atoms with Gasteiger partial charge in [0.25, 0.3) is 0 Å². The Bertz CT molecular complexity index is 182. The minimum atomic E-state index is -1.29. The van der Waals surface area contributed by atoms with Crippen molar-refractivity contribution < 1.29 is 15.3 Å². The lowest BCUT2D eigenvalue weighted by molar-refractivity contribution is -0.102. The molecule has 0 aromatic carbocycles. The van der Waals surface area contributed by atoms with E-state index in [0.717, 1.165) is 0 Å². The average Bonchev–Trinajstić information content (AvgIpc) is 2.27. The lowest BCUT2D eigenvalue weighted by Gasteiger charge is -2.35. The molecule has 0 aliphatic heterocycles. The van der Waals surface area contributed by atoms with E-state index in [0.29, 0.717) is 23.5 Å². The summed E-state index contributed by atoms with van der Waals surface area (Å²) < 4.78 is 0. The number of rotatable bonds is 8. The minimum Gasteiger partial charge on any atom is -0.394 e. The highest BCUT2D eigenvalue weighted by atomic mass is 79.9. The van der Waals surface area contributed by atoms with Gasteiger partial charge in [0.2, 0.25) is 0 Å². The Morgan fingerprint density at radius 3 is 1.62 bits per heavy atom. The van der Waals surface area contributed by atoms with Gasteiger partial charge in [-0.2, -0.15) is 0 Å². The van der Waals surface area contributed by atoms with Crippen LogP contribution in [0.4, 0.5) is 0 Å². The Hall–Kier alpha value is 1.80. The van der Waals surface area contributed by atoms with Crippen molar-refractivity contribution in [3.63, 3.8) is 0 Å². The van der Waals surface area contributed by atoms with Gasteiger partial charge in [0.1, 0.15) is 6.10 Å². The first-order valence-corrected chi connectivity index (χ1v) is 8.88. The zero-order valence-electron chi connectivity index (χ0n) is 8.62. The van der Waals surface area contributed by atoms with Gasteiger partial charge in [-0.15, -0.1) is 0 Å². The van der Waals surface area contributed by atoms with E-state index < -0.39 is 18.3 Å². The van der Waals surface area contributed by atoms with Crippen LogP contribution in [0.2, 0.25) is 0 Å². The van der Waals surface area contributed by atoms with E-state index in [1.54, 1.807) is 0 Å². The fourth-order valence-electron chi connectivity index (χ4n) is 1.40. The summed E-state index contributed by atoms with van der Waals surface area (Å²) in [6, 6.07) is 0. The molecular weight excluding hydrogens is 476 g/mol. The van der Waals surface area contributed by atoms with Crippen LogP contribution in [-0.4, -0.2) is 53.9 Å². The zero-order valence-corrected chi connectivity index (χ0v) is 15.0. The highest BCUT2D eigenvalue weighted by Crippen LogP contribution is 2.30. The van der Waals surface area contributed by atoms with Crippen LogP contribution >= 0.6 is 63.7 Å². The number of aliphatic hydroxyl groups is 3. The lowest BCUT2D eigenvalue weighted by Crippen LogP contribution is -2.48. The van der Waals surface area contributed by atoms with Gasteiger partial charge < -0.3 is 15.3 Å². The Balaban J connectivity index is 4.60. The quantitative estimate of drug-likeness (QED) is 0.456. The predicted octanol–water partition coefficient (Wildman–Crippen LogP) is 2.17. The molecule has 3 nitrogen and oxygen atoms in total. The highest BCUT2D eigenvalue weighted by Gasteiger charge is 2.38. The molecule has 3 N–H and O–H groups in total. The molecule has 0 aromatic heterocycles. The van der Waals surface area contributed by atoms with E-state index >= 15 is 0 Å². The van der Waals surface area contributed by atoms with Crippen molar-refractivity contribution in [1.82, 2.24) is 0 Å². The van der Waals surface area contributed by atoms with Crippen molar-refractivity contribution in [2.45, 2.75) is 34.2 Å². The van der Waals surface area contributed by atoms with Gasteiger partial charge >= 0.3 is 0 Å². The van der Waals surface area contributed by atoms with Crippen molar-refractivity contribution in [3.8, 4) is 0 Å². The Labute approximate surface area is 130 Å². The Morgan fingerprint density at radius 1 is 1.00 bits per heavy atom. The molecule has 0 rings (SSSR count). The van der Waals surface area contributed by atoms with Crippen LogP contribution in [0.3, 0.4) is 0 Å². The first-order valence-electron chi connectivity index (χ1n) is 4.81. The van der Waals surface area contributed by atoms with Gasteiger partial charge in [-0.3, -0.25) is 0 Å². The van der Waals surface area contributed by atoms with E-state index in [-0.39, 0.29) is 9.65 Å². The number of aliphatic hydroxyl groups excluding tert-OH is 2. The summed E-state index contributed by atoms with van der Waals surface area (Å²) in [4.78, 5) is 0.0995. The van der Waals surface area contributed by atoms with E-state index in [9.17, 15) is 10.2 Å². The minimum absolute atomic E-state index is 0.0497. The highest BCUT2D eigenvalue weighted by molar-refractivity contribution is 9.12. The third-order valence-corrected chi connectivity index (χ3v) is 6.87. The molecule has 0 fully saturated rings. The maximum atomic E-state index is 10.4. The second-order valence-corrected chi connectivity index (χ2v) is 7.60. The fourth-order valence-corrected chi connectivity index (χ4v) is 2.98. The van der Waals surface area contributed by atoms with Crippen molar-refractivity contribution in [2.24, 2.45) is 0 Å². The molecule has 3 unspecified atom stereocenters. The second-order valence-electron chi connectivity index (χ2n) is 3.71. The van der Waals surface area contributed by atoms with Crippen LogP contribution in [0.5, 0.6) is 0 Å². The molecule has 0 aliphatic carbocycles. The number of halogens is 4. The monoisotopic (exact) mass is 488 g/mol. The molecule has 0 bridgehead atoms. The largest absolute Gasteiger partial charge is 0.394 e. The van der Waals surface area contributed by atoms with Gasteiger partial charge in [-0.05, 0) is 12.8 Å². The van der Waals surface area contributed by atoms with Crippen LogP contribution < -0.4 is 0 Å². The molecular formula is C9H16Br4O3. The van der Waals surface area contributed by atoms with Crippen LogP contribution in [-0.2, 0) is 0 Å². The molecule has 0 spiro atoms. The van der Waals surface area contributed by atoms with Gasteiger partial charge in [-0.25, -0.2) is 0 Å². The number of hydrogen-bond donors (Lipinski definition) is 3. The zero-order chi connectivity index (χ0) is 12.8. The van der Waals surface area contributed by atoms with Crippen LogP contribution in [0.15, 0.2) is 0 Å². The van der Waals surface area contributed by atoms with Gasteiger partial charge in [0.15, 0.2) is 0 Å². The van der Waals surface area contributed by atoms with Crippen LogP contribution in [0.25, 0.3) is 0 Å². The molecule has 0 amide bonds. The average molecular weight is 492 g/mol. The van der Waals surface area contributed by atoms with Gasteiger partial charge in [0.05, 0.1) is 12.2 Å². The number of alkyl halides is 4. The van der Waals surface area contributed by atoms with Gasteiger partial charge in [-0.1, -0.05) is 63.7 Å². The molecule has 3 atom stereocenters. The Morgan fingerprint density at radius 2 is 1.38 bits per heavy atom. The fraction of sp³-hybridized carbons (Fsp3) is 1.00. The maximum absolute atomic E-state index is 10.4. The molecule has 0 saturated carbocycles. The van der Waals surface area contributed by atoms with E-state index in [1.807, 2.05) is 0 Å². The smallest absolute Gasteiger partial charge is 0.106 e. The summed E-state index contributed by atoms with van der Waals surface area (Å²) in [5, 5.41) is 30.4. The molecule has 0 aliphatic rings. The van der Waals surface area contributed by atoms with Crippen LogP contribution in [0.1, 0.15) is 12.8 Å². The third kappa shape index (κ3) is 6.11. The molecule has 0 saturated heterocycles. The molecule has 0 radical (unpaired) electrons. The summed E-state index contributed by atoms with van der Waals surface area (Å²) in [6.45, 7) is -0.444. The van der Waals surface area contributed by atoms with Crippen LogP contribution in [0, 0.1) is 0 Å². The molecule has 16 heavy (non-hydrogen) atoms. The normalized spacial score (nSPS) is 21.2. The standard InChI is InChI=1S/C9H16Br4O3/c10-3-6(12)1-9(16,8(15)5-14)2-7(13)4-11/h6-8,14-16H,1-5H2. The molecule has 0 aromatic rings. The van der Waals surface area contributed by atoms with E-state index in [4.69, 9.17) is 5.11 Å². The third-order valence-electron chi connectivity index (χ3n) is 2.28. The van der Waals surface area contributed by atoms with Crippen molar-refractivity contribution in [1.29, 1.82) is 0 Å². The van der Waals surface area contributed by atoms with Gasteiger partial charge in [0, 0.05) is 20.3 Å². The Kier molecular flexibility index (Phi) is 9.82. The van der Waals surface area contributed by atoms with Crippen molar-refractivity contribution >= 4 is 63.7 Å². The molecule has 7 heteroatoms. The number of hydrogen-bond acceptors (Lipinski definition) is 3. The van der Waals surface area contributed by atoms with E-state index in [2.05, 4.69) is 63.7 Å². The predicted molar refractivity (Wildman–Crippen MR) is 80.3 cm³/mol.